The van der Waals surface area contributed by atoms with Crippen molar-refractivity contribution >= 4 is 17.8 Å². The van der Waals surface area contributed by atoms with E-state index in [-0.39, 0.29) is 46.4 Å². The molecule has 1 aliphatic rings. The number of aliphatic hydroxyl groups excluding tert-OH is 1. The molecule has 198 valence electrons. The zero-order chi connectivity index (χ0) is 25.0. The number of rotatable bonds is 4. The number of carbonyl (C=O) groups excluding carboxylic acids is 2. The summed E-state index contributed by atoms with van der Waals surface area (Å²) in [6, 6.07) is 6.89. The lowest BCUT2D eigenvalue weighted by Gasteiger charge is -2.24. The van der Waals surface area contributed by atoms with Crippen molar-refractivity contribution in [1.82, 2.24) is 10.6 Å². The molecule has 2 amide bonds. The molecule has 10 nitrogen and oxygen atoms in total. The van der Waals surface area contributed by atoms with Crippen molar-refractivity contribution in [3.8, 4) is 16.9 Å². The number of aliphatic carboxylic acids is 1. The lowest BCUT2D eigenvalue weighted by Crippen LogP contribution is -2.56. The van der Waals surface area contributed by atoms with Crippen molar-refractivity contribution in [3.63, 3.8) is 0 Å². The Kier molecular flexibility index (Phi) is 11.0. The van der Waals surface area contributed by atoms with Crippen molar-refractivity contribution in [3.05, 3.63) is 53.1 Å². The molecule has 0 radical (unpaired) electrons. The summed E-state index contributed by atoms with van der Waals surface area (Å²) >= 11 is 0. The zero-order valence-corrected chi connectivity index (χ0v) is 18.8. The van der Waals surface area contributed by atoms with Crippen molar-refractivity contribution in [1.29, 1.82) is 0 Å². The van der Waals surface area contributed by atoms with E-state index in [1.54, 1.807) is 12.1 Å². The number of phenols is 1. The highest BCUT2D eigenvalue weighted by atomic mass is 16.4. The van der Waals surface area contributed by atoms with E-state index in [1.807, 2.05) is 25.1 Å². The fourth-order valence-electron chi connectivity index (χ4n) is 3.90. The van der Waals surface area contributed by atoms with Crippen molar-refractivity contribution in [2.75, 3.05) is 6.54 Å². The molecular weight excluding hydrogens is 464 g/mol. The van der Waals surface area contributed by atoms with Crippen LogP contribution in [0.4, 0.5) is 0 Å². The van der Waals surface area contributed by atoms with Crippen LogP contribution in [0.15, 0.2) is 36.4 Å². The molecule has 0 saturated carbocycles. The maximum Gasteiger partial charge on any atom is 0.326 e. The molecule has 4 bridgehead atoms. The highest BCUT2D eigenvalue weighted by molar-refractivity contribution is 5.92. The van der Waals surface area contributed by atoms with Gasteiger partial charge in [0, 0.05) is 25.8 Å². The van der Waals surface area contributed by atoms with Gasteiger partial charge in [-0.05, 0) is 46.9 Å². The fourth-order valence-corrected chi connectivity index (χ4v) is 3.90. The minimum atomic E-state index is -1.27. The highest BCUT2D eigenvalue weighted by Crippen LogP contribution is 2.29. The minimum absolute atomic E-state index is 0. The summed E-state index contributed by atoms with van der Waals surface area (Å²) in [5.74, 6) is -2.72. The van der Waals surface area contributed by atoms with E-state index in [9.17, 15) is 29.7 Å². The first-order valence-corrected chi connectivity index (χ1v) is 11.0. The van der Waals surface area contributed by atoms with Crippen molar-refractivity contribution in [2.45, 2.75) is 65.3 Å². The number of carboxylic acid groups (broad SMARTS) is 1. The lowest BCUT2D eigenvalue weighted by molar-refractivity contribution is -0.142. The number of carbonyl (C=O) groups is 3. The molecule has 10 heteroatoms. The van der Waals surface area contributed by atoms with Crippen molar-refractivity contribution in [2.24, 2.45) is 11.5 Å². The number of phenolic OH excluding ortho intramolecular Hbond substituents is 1. The van der Waals surface area contributed by atoms with Gasteiger partial charge in [-0.25, -0.2) is 4.79 Å². The number of nitrogens with two attached hydrogens (primary N) is 2. The maximum atomic E-state index is 13.0. The van der Waals surface area contributed by atoms with Crippen LogP contribution < -0.4 is 22.1 Å². The number of hydrogen-bond donors (Lipinski definition) is 7. The maximum absolute atomic E-state index is 13.0. The molecule has 0 aliphatic carbocycles. The highest BCUT2D eigenvalue weighted by Gasteiger charge is 2.30. The smallest absolute Gasteiger partial charge is 0.326 e. The summed E-state index contributed by atoms with van der Waals surface area (Å²) in [4.78, 5) is 37.7. The third-order valence-corrected chi connectivity index (χ3v) is 5.99. The van der Waals surface area contributed by atoms with Crippen LogP contribution in [0.5, 0.6) is 5.75 Å². The number of amides is 2. The van der Waals surface area contributed by atoms with E-state index in [1.165, 1.54) is 6.07 Å². The number of aliphatic hydroxyl groups is 1. The summed E-state index contributed by atoms with van der Waals surface area (Å²) in [6.45, 7) is 1.69. The number of carboxylic acids is 1. The zero-order valence-electron chi connectivity index (χ0n) is 18.8. The van der Waals surface area contributed by atoms with Gasteiger partial charge in [-0.3, -0.25) is 9.59 Å². The van der Waals surface area contributed by atoms with Crippen LogP contribution in [0.1, 0.15) is 38.0 Å². The minimum Gasteiger partial charge on any atom is -0.508 e. The Morgan fingerprint density at radius 2 is 1.64 bits per heavy atom. The molecule has 0 unspecified atom stereocenters. The second kappa shape index (κ2) is 13.0. The predicted molar refractivity (Wildman–Crippen MR) is 138 cm³/mol. The predicted octanol–water partition coefficient (Wildman–Crippen LogP) is 0.830. The molecule has 2 aromatic carbocycles. The first-order chi connectivity index (χ1) is 16.1. The molecule has 0 aromatic heterocycles. The SMILES string of the molecule is C.C.Cc1ccc2cc1C[C@@H](C(=O)O)NC(=O)[C@H](C[C@@H](O)CN)NC(=O)[C@@H](N)Cc1cc-2ccc1O. The van der Waals surface area contributed by atoms with Gasteiger partial charge >= 0.3 is 5.97 Å². The molecule has 1 aliphatic heterocycles. The second-order valence-corrected chi connectivity index (χ2v) is 8.59. The van der Waals surface area contributed by atoms with Crippen LogP contribution in [0, 0.1) is 6.92 Å². The molecule has 4 atom stereocenters. The summed E-state index contributed by atoms with van der Waals surface area (Å²) in [5, 5.41) is 35.0. The van der Waals surface area contributed by atoms with Gasteiger partial charge in [-0.2, -0.15) is 0 Å². The molecule has 9 N–H and O–H groups in total. The number of benzene rings is 2. The van der Waals surface area contributed by atoms with Crippen LogP contribution in [-0.4, -0.2) is 63.9 Å². The Labute approximate surface area is 211 Å². The average molecular weight is 503 g/mol. The van der Waals surface area contributed by atoms with Crippen LogP contribution >= 0.6 is 0 Å². The average Bonchev–Trinajstić information content (AvgIpc) is 2.79. The number of nitrogens with one attached hydrogen (secondary N) is 2. The van der Waals surface area contributed by atoms with E-state index in [0.717, 1.165) is 16.7 Å². The summed E-state index contributed by atoms with van der Waals surface area (Å²) in [5.41, 5.74) is 15.1. The molecule has 0 fully saturated rings. The standard InChI is InChI=1S/C24H30N4O6.2CH4/c1-12-2-3-13-6-15(12)9-20(24(33)34)28-23(32)19(10-17(29)11-25)27-22(31)18(26)8-16-7-14(13)4-5-21(16)30;;/h2-7,17-20,29-30H,8-11,25-26H2,1H3,(H,27,31)(H,28,32)(H,33,34);2*1H4/t17-,18+,19+,20+;;/m1../s1. The van der Waals surface area contributed by atoms with Crippen molar-refractivity contribution < 1.29 is 29.7 Å². The van der Waals surface area contributed by atoms with E-state index < -0.39 is 42.0 Å². The Balaban J connectivity index is 0.00000324. The Hall–Kier alpha value is -3.47. The number of aromatic hydroxyl groups is 1. The number of hydrogen-bond acceptors (Lipinski definition) is 7. The monoisotopic (exact) mass is 502 g/mol. The summed E-state index contributed by atoms with van der Waals surface area (Å²) in [7, 11) is 0. The van der Waals surface area contributed by atoms with Gasteiger partial charge in [-0.1, -0.05) is 39.1 Å². The van der Waals surface area contributed by atoms with Gasteiger partial charge in [0.1, 0.15) is 17.8 Å². The third-order valence-electron chi connectivity index (χ3n) is 5.99. The first-order valence-electron chi connectivity index (χ1n) is 11.0. The van der Waals surface area contributed by atoms with Gasteiger partial charge in [0.15, 0.2) is 0 Å². The number of aryl methyl sites for hydroxylation is 1. The Morgan fingerprint density at radius 1 is 1.03 bits per heavy atom. The third kappa shape index (κ3) is 7.27. The Morgan fingerprint density at radius 3 is 2.25 bits per heavy atom. The number of fused-ring (bicyclic) bond motifs is 5. The summed E-state index contributed by atoms with van der Waals surface area (Å²) < 4.78 is 0. The Bertz CT molecular complexity index is 1090. The first kappa shape index (κ1) is 30.6. The molecule has 0 spiro atoms. The molecule has 36 heavy (non-hydrogen) atoms. The normalized spacial score (nSPS) is 20.8. The molecular formula is C26H38N4O6. The van der Waals surface area contributed by atoms with Gasteiger partial charge in [0.25, 0.3) is 0 Å². The second-order valence-electron chi connectivity index (χ2n) is 8.59. The molecule has 3 rings (SSSR count). The van der Waals surface area contributed by atoms with Gasteiger partial charge in [0.05, 0.1) is 12.1 Å². The van der Waals surface area contributed by atoms with Gasteiger partial charge < -0.3 is 37.4 Å². The molecule has 2 aromatic rings. The van der Waals surface area contributed by atoms with Crippen LogP contribution in [-0.2, 0) is 27.2 Å². The summed E-state index contributed by atoms with van der Waals surface area (Å²) in [6.07, 6.45) is -1.32. The van der Waals surface area contributed by atoms with E-state index in [2.05, 4.69) is 10.6 Å². The van der Waals surface area contributed by atoms with Crippen LogP contribution in [0.25, 0.3) is 11.1 Å². The topological polar surface area (TPSA) is 188 Å². The van der Waals surface area contributed by atoms with Crippen LogP contribution in [0.2, 0.25) is 0 Å². The van der Waals surface area contributed by atoms with E-state index >= 15 is 0 Å². The lowest BCUT2D eigenvalue weighted by atomic mass is 9.94. The molecule has 1 heterocycles. The quantitative estimate of drug-likeness (QED) is 0.320. The van der Waals surface area contributed by atoms with Gasteiger partial charge in [-0.15, -0.1) is 0 Å². The fraction of sp³-hybridized carbons (Fsp3) is 0.423. The van der Waals surface area contributed by atoms with E-state index in [4.69, 9.17) is 11.5 Å². The van der Waals surface area contributed by atoms with E-state index in [0.29, 0.717) is 11.1 Å². The van der Waals surface area contributed by atoms with Crippen LogP contribution in [0.3, 0.4) is 0 Å². The molecule has 0 saturated heterocycles. The van der Waals surface area contributed by atoms with Gasteiger partial charge in [0.2, 0.25) is 11.8 Å². The largest absolute Gasteiger partial charge is 0.508 e.